The summed E-state index contributed by atoms with van der Waals surface area (Å²) in [5.41, 5.74) is 1.78. The summed E-state index contributed by atoms with van der Waals surface area (Å²) in [5.74, 6) is -0.279. The second kappa shape index (κ2) is 8.47. The van der Waals surface area contributed by atoms with E-state index in [1.807, 2.05) is 30.3 Å². The Morgan fingerprint density at radius 1 is 0.935 bits per heavy atom. The highest BCUT2D eigenvalue weighted by Crippen LogP contribution is 2.31. The van der Waals surface area contributed by atoms with Crippen molar-refractivity contribution in [1.29, 1.82) is 0 Å². The minimum atomic E-state index is -4.68. The van der Waals surface area contributed by atoms with E-state index in [1.54, 1.807) is 30.3 Å². The number of rotatable bonds is 6. The van der Waals surface area contributed by atoms with Gasteiger partial charge in [0.2, 0.25) is 5.88 Å². The number of methoxy groups -OCH3 is 1. The summed E-state index contributed by atoms with van der Waals surface area (Å²) >= 11 is 0. The number of hydrogen-bond donors (Lipinski definition) is 0. The number of benzene rings is 2. The zero-order valence-electron chi connectivity index (χ0n) is 16.4. The van der Waals surface area contributed by atoms with Gasteiger partial charge in [-0.3, -0.25) is 0 Å². The predicted molar refractivity (Wildman–Crippen MR) is 107 cm³/mol. The molecule has 0 spiro atoms. The molecule has 0 saturated carbocycles. The summed E-state index contributed by atoms with van der Waals surface area (Å²) in [6.45, 7) is 0.381. The number of nitrogens with zero attached hydrogens (tertiary/aromatic N) is 4. The molecule has 2 heterocycles. The monoisotopic (exact) mass is 426 g/mol. The van der Waals surface area contributed by atoms with Gasteiger partial charge in [-0.1, -0.05) is 30.3 Å². The maximum atomic E-state index is 13.3. The van der Waals surface area contributed by atoms with Gasteiger partial charge in [-0.05, 0) is 35.9 Å². The first-order valence-corrected chi connectivity index (χ1v) is 9.26. The number of hydrogen-bond acceptors (Lipinski definition) is 5. The number of pyridine rings is 1. The standard InChI is InChI=1S/C22H17F3N4O2/c1-30-19-12-9-17(13-26-19)29-20(27-21(28-29)22(23,24)25)16-7-10-18(11-8-16)31-14-15-5-3-2-4-6-15/h2-13H,14H2,1H3. The van der Waals surface area contributed by atoms with Gasteiger partial charge in [-0.15, -0.1) is 5.10 Å². The average Bonchev–Trinajstić information content (AvgIpc) is 3.25. The molecule has 4 aromatic rings. The van der Waals surface area contributed by atoms with Crippen molar-refractivity contribution in [3.63, 3.8) is 0 Å². The third-order valence-corrected chi connectivity index (χ3v) is 4.40. The number of halogens is 3. The molecule has 0 aliphatic carbocycles. The summed E-state index contributed by atoms with van der Waals surface area (Å²) in [6, 6.07) is 19.4. The van der Waals surface area contributed by atoms with Crippen LogP contribution in [-0.2, 0) is 12.8 Å². The quantitative estimate of drug-likeness (QED) is 0.437. The van der Waals surface area contributed by atoms with E-state index in [4.69, 9.17) is 9.47 Å². The average molecular weight is 426 g/mol. The molecule has 0 atom stereocenters. The van der Waals surface area contributed by atoms with Crippen LogP contribution in [0.5, 0.6) is 11.6 Å². The normalized spacial score (nSPS) is 11.4. The SMILES string of the molecule is COc1ccc(-n2nc(C(F)(F)F)nc2-c2ccc(OCc3ccccc3)cc2)cn1. The zero-order chi connectivity index (χ0) is 21.8. The molecule has 0 N–H and O–H groups in total. The summed E-state index contributed by atoms with van der Waals surface area (Å²) < 4.78 is 51.6. The maximum Gasteiger partial charge on any atom is 0.453 e. The molecule has 2 aromatic carbocycles. The summed E-state index contributed by atoms with van der Waals surface area (Å²) in [7, 11) is 1.45. The highest BCUT2D eigenvalue weighted by atomic mass is 19.4. The van der Waals surface area contributed by atoms with Crippen LogP contribution in [0.3, 0.4) is 0 Å². The van der Waals surface area contributed by atoms with Crippen LogP contribution < -0.4 is 9.47 Å². The first-order chi connectivity index (χ1) is 14.9. The Morgan fingerprint density at radius 3 is 2.29 bits per heavy atom. The minimum absolute atomic E-state index is 0.0360. The Hall–Kier alpha value is -3.88. The largest absolute Gasteiger partial charge is 0.489 e. The molecular formula is C22H17F3N4O2. The summed E-state index contributed by atoms with van der Waals surface area (Å²) in [5, 5.41) is 3.65. The Balaban J connectivity index is 1.63. The van der Waals surface area contributed by atoms with Crippen molar-refractivity contribution in [2.75, 3.05) is 7.11 Å². The molecule has 31 heavy (non-hydrogen) atoms. The molecule has 9 heteroatoms. The second-order valence-corrected chi connectivity index (χ2v) is 6.53. The lowest BCUT2D eigenvalue weighted by Crippen LogP contribution is -2.08. The molecule has 158 valence electrons. The van der Waals surface area contributed by atoms with Gasteiger partial charge in [0.05, 0.1) is 19.0 Å². The summed E-state index contributed by atoms with van der Waals surface area (Å²) in [6.07, 6.45) is -3.31. The number of alkyl halides is 3. The van der Waals surface area contributed by atoms with E-state index in [-0.39, 0.29) is 5.82 Å². The van der Waals surface area contributed by atoms with Crippen LogP contribution in [0.1, 0.15) is 11.4 Å². The molecule has 4 rings (SSSR count). The van der Waals surface area contributed by atoms with Crippen molar-refractivity contribution >= 4 is 0 Å². The van der Waals surface area contributed by atoms with Gasteiger partial charge in [-0.2, -0.15) is 13.2 Å². The van der Waals surface area contributed by atoms with E-state index in [0.717, 1.165) is 10.2 Å². The third kappa shape index (κ3) is 4.66. The first-order valence-electron chi connectivity index (χ1n) is 9.26. The first kappa shape index (κ1) is 20.4. The van der Waals surface area contributed by atoms with E-state index >= 15 is 0 Å². The molecule has 0 radical (unpaired) electrons. The van der Waals surface area contributed by atoms with Gasteiger partial charge < -0.3 is 9.47 Å². The topological polar surface area (TPSA) is 62.1 Å². The molecule has 6 nitrogen and oxygen atoms in total. The maximum absolute atomic E-state index is 13.3. The van der Waals surface area contributed by atoms with Gasteiger partial charge >= 0.3 is 6.18 Å². The van der Waals surface area contributed by atoms with Crippen LogP contribution in [0, 0.1) is 0 Å². The summed E-state index contributed by atoms with van der Waals surface area (Å²) in [4.78, 5) is 7.76. The van der Waals surface area contributed by atoms with E-state index in [9.17, 15) is 13.2 Å². The van der Waals surface area contributed by atoms with Crippen molar-refractivity contribution in [2.24, 2.45) is 0 Å². The van der Waals surface area contributed by atoms with Crippen LogP contribution in [0.4, 0.5) is 13.2 Å². The predicted octanol–water partition coefficient (Wildman–Crippen LogP) is 4.94. The Morgan fingerprint density at radius 2 is 1.68 bits per heavy atom. The molecule has 0 aliphatic heterocycles. The van der Waals surface area contributed by atoms with Crippen LogP contribution >= 0.6 is 0 Å². The van der Waals surface area contributed by atoms with Crippen molar-refractivity contribution < 1.29 is 22.6 Å². The molecule has 0 amide bonds. The van der Waals surface area contributed by atoms with Crippen LogP contribution in [0.25, 0.3) is 17.1 Å². The van der Waals surface area contributed by atoms with Gasteiger partial charge in [0, 0.05) is 11.6 Å². The van der Waals surface area contributed by atoms with Gasteiger partial charge in [0.1, 0.15) is 12.4 Å². The Labute approximate surface area is 175 Å². The second-order valence-electron chi connectivity index (χ2n) is 6.53. The van der Waals surface area contributed by atoms with Gasteiger partial charge in [-0.25, -0.2) is 14.6 Å². The van der Waals surface area contributed by atoms with Crippen LogP contribution in [0.2, 0.25) is 0 Å². The number of aromatic nitrogens is 4. The number of ether oxygens (including phenoxy) is 2. The van der Waals surface area contributed by atoms with Crippen LogP contribution in [-0.4, -0.2) is 26.9 Å². The van der Waals surface area contributed by atoms with Crippen molar-refractivity contribution in [3.8, 4) is 28.7 Å². The molecule has 0 bridgehead atoms. The highest BCUT2D eigenvalue weighted by Gasteiger charge is 2.37. The Kier molecular flexibility index (Phi) is 5.57. The smallest absolute Gasteiger partial charge is 0.453 e. The molecule has 0 fully saturated rings. The molecule has 0 aliphatic rings. The Bertz CT molecular complexity index is 1140. The lowest BCUT2D eigenvalue weighted by molar-refractivity contribution is -0.144. The highest BCUT2D eigenvalue weighted by molar-refractivity contribution is 5.59. The molecule has 0 unspecified atom stereocenters. The fraction of sp³-hybridized carbons (Fsp3) is 0.136. The van der Waals surface area contributed by atoms with Gasteiger partial charge in [0.25, 0.3) is 5.82 Å². The van der Waals surface area contributed by atoms with Crippen molar-refractivity contribution in [2.45, 2.75) is 12.8 Å². The van der Waals surface area contributed by atoms with Crippen molar-refractivity contribution in [3.05, 3.63) is 84.3 Å². The zero-order valence-corrected chi connectivity index (χ0v) is 16.4. The molecular weight excluding hydrogens is 409 g/mol. The van der Waals surface area contributed by atoms with E-state index in [1.165, 1.54) is 19.4 Å². The third-order valence-electron chi connectivity index (χ3n) is 4.40. The molecule has 0 saturated heterocycles. The van der Waals surface area contributed by atoms with E-state index < -0.39 is 12.0 Å². The van der Waals surface area contributed by atoms with Crippen molar-refractivity contribution in [1.82, 2.24) is 19.7 Å². The lowest BCUT2D eigenvalue weighted by atomic mass is 10.2. The molecule has 2 aromatic heterocycles. The van der Waals surface area contributed by atoms with Gasteiger partial charge in [0.15, 0.2) is 5.82 Å². The van der Waals surface area contributed by atoms with E-state index in [0.29, 0.717) is 29.5 Å². The van der Waals surface area contributed by atoms with E-state index in [2.05, 4.69) is 15.1 Å². The lowest BCUT2D eigenvalue weighted by Gasteiger charge is -2.09. The van der Waals surface area contributed by atoms with Crippen LogP contribution in [0.15, 0.2) is 72.9 Å². The fourth-order valence-electron chi connectivity index (χ4n) is 2.86. The fourth-order valence-corrected chi connectivity index (χ4v) is 2.86. The minimum Gasteiger partial charge on any atom is -0.489 e.